The monoisotopic (exact) mass is 338 g/mol. The highest BCUT2D eigenvalue weighted by atomic mass is 32.2. The first-order valence-corrected chi connectivity index (χ1v) is 11.0. The summed E-state index contributed by atoms with van der Waals surface area (Å²) < 4.78 is 49.7. The Bertz CT molecular complexity index is 537. The molecule has 8 heteroatoms. The molecular weight excluding hydrogens is 312 g/mol. The molecule has 2 rings (SSSR count). The van der Waals surface area contributed by atoms with Crippen molar-refractivity contribution in [3.8, 4) is 0 Å². The van der Waals surface area contributed by atoms with Gasteiger partial charge in [-0.25, -0.2) is 21.1 Å². The van der Waals surface area contributed by atoms with Crippen molar-refractivity contribution < 1.29 is 16.8 Å². The third-order valence-electron chi connectivity index (χ3n) is 4.94. The van der Waals surface area contributed by atoms with E-state index in [4.69, 9.17) is 0 Å². The number of rotatable bonds is 4. The normalized spacial score (nSPS) is 27.5. The first-order chi connectivity index (χ1) is 9.76. The number of nitrogens with one attached hydrogen (secondary N) is 1. The van der Waals surface area contributed by atoms with Crippen molar-refractivity contribution >= 4 is 19.9 Å². The van der Waals surface area contributed by atoms with Crippen LogP contribution >= 0.6 is 0 Å². The minimum absolute atomic E-state index is 0.00412. The van der Waals surface area contributed by atoms with E-state index >= 15 is 0 Å². The Morgan fingerprint density at radius 3 is 2.10 bits per heavy atom. The van der Waals surface area contributed by atoms with Crippen molar-refractivity contribution in [2.45, 2.75) is 43.9 Å². The molecule has 0 radical (unpaired) electrons. The van der Waals surface area contributed by atoms with E-state index in [0.717, 1.165) is 12.8 Å². The maximum atomic E-state index is 12.6. The first kappa shape index (κ1) is 17.2. The molecule has 1 N–H and O–H groups in total. The van der Waals surface area contributed by atoms with Crippen molar-refractivity contribution in [3.05, 3.63) is 0 Å². The Labute approximate surface area is 128 Å². The number of piperidine rings is 1. The van der Waals surface area contributed by atoms with Crippen LogP contribution in [0.15, 0.2) is 0 Å². The molecule has 0 aliphatic carbocycles. The highest BCUT2D eigenvalue weighted by Gasteiger charge is 2.38. The molecule has 0 aromatic rings. The average molecular weight is 338 g/mol. The van der Waals surface area contributed by atoms with Gasteiger partial charge in [-0.2, -0.15) is 0 Å². The first-order valence-electron chi connectivity index (χ1n) is 7.63. The number of hydrogen-bond acceptors (Lipinski definition) is 5. The van der Waals surface area contributed by atoms with Crippen LogP contribution in [0.4, 0.5) is 0 Å². The predicted molar refractivity (Wildman–Crippen MR) is 83.4 cm³/mol. The fraction of sp³-hybridized carbons (Fsp3) is 1.00. The van der Waals surface area contributed by atoms with Crippen LogP contribution in [0.3, 0.4) is 0 Å². The summed E-state index contributed by atoms with van der Waals surface area (Å²) in [6, 6.07) is 0.398. The van der Waals surface area contributed by atoms with Crippen molar-refractivity contribution in [1.82, 2.24) is 9.62 Å². The van der Waals surface area contributed by atoms with E-state index in [1.165, 1.54) is 0 Å². The van der Waals surface area contributed by atoms with E-state index in [1.807, 2.05) is 7.05 Å². The van der Waals surface area contributed by atoms with Gasteiger partial charge in [0.1, 0.15) is 9.84 Å². The largest absolute Gasteiger partial charge is 0.317 e. The maximum Gasteiger partial charge on any atom is 0.217 e. The Kier molecular flexibility index (Phi) is 5.33. The van der Waals surface area contributed by atoms with Gasteiger partial charge in [-0.3, -0.25) is 0 Å². The third-order valence-corrected chi connectivity index (χ3v) is 9.06. The lowest BCUT2D eigenvalue weighted by atomic mass is 9.91. The molecule has 2 aliphatic heterocycles. The van der Waals surface area contributed by atoms with E-state index in [2.05, 4.69) is 12.2 Å². The second-order valence-corrected chi connectivity index (χ2v) is 10.7. The molecule has 0 aromatic heterocycles. The van der Waals surface area contributed by atoms with E-state index < -0.39 is 25.1 Å². The lowest BCUT2D eigenvalue weighted by Gasteiger charge is -2.36. The van der Waals surface area contributed by atoms with Gasteiger partial charge in [-0.15, -0.1) is 0 Å². The standard InChI is InChI=1S/C13H26N2O4S2/c1-11(14-2)12-3-7-15(8-4-12)21(18,19)13-5-9-20(16,17)10-6-13/h11-14H,3-10H2,1-2H3. The molecule has 0 bridgehead atoms. The average Bonchev–Trinajstić information content (AvgIpc) is 2.46. The molecule has 2 fully saturated rings. The summed E-state index contributed by atoms with van der Waals surface area (Å²) >= 11 is 0. The molecule has 2 saturated heterocycles. The SMILES string of the molecule is CNC(C)C1CCN(S(=O)(=O)C2CCS(=O)(=O)CC2)CC1. The third kappa shape index (κ3) is 3.97. The van der Waals surface area contributed by atoms with Gasteiger partial charge in [-0.05, 0) is 45.6 Å². The van der Waals surface area contributed by atoms with E-state index in [9.17, 15) is 16.8 Å². The van der Waals surface area contributed by atoms with Crippen LogP contribution < -0.4 is 5.32 Å². The number of sulfonamides is 1. The van der Waals surface area contributed by atoms with Crippen LogP contribution in [0.5, 0.6) is 0 Å². The summed E-state index contributed by atoms with van der Waals surface area (Å²) in [6.45, 7) is 3.24. The summed E-state index contributed by atoms with van der Waals surface area (Å²) in [5.74, 6) is 0.516. The summed E-state index contributed by atoms with van der Waals surface area (Å²) in [6.07, 6.45) is 2.23. The van der Waals surface area contributed by atoms with Crippen molar-refractivity contribution in [2.24, 2.45) is 5.92 Å². The van der Waals surface area contributed by atoms with Crippen LogP contribution in [0, 0.1) is 5.92 Å². The fourth-order valence-electron chi connectivity index (χ4n) is 3.24. The highest BCUT2D eigenvalue weighted by Crippen LogP contribution is 2.27. The highest BCUT2D eigenvalue weighted by molar-refractivity contribution is 7.92. The Morgan fingerprint density at radius 1 is 1.10 bits per heavy atom. The molecule has 1 unspecified atom stereocenters. The summed E-state index contributed by atoms with van der Waals surface area (Å²) in [5.41, 5.74) is 0. The molecule has 0 spiro atoms. The van der Waals surface area contributed by atoms with Crippen LogP contribution in [-0.2, 0) is 19.9 Å². The number of sulfone groups is 1. The lowest BCUT2D eigenvalue weighted by molar-refractivity contribution is 0.234. The van der Waals surface area contributed by atoms with Gasteiger partial charge in [-0.1, -0.05) is 0 Å². The van der Waals surface area contributed by atoms with Crippen LogP contribution in [0.1, 0.15) is 32.6 Å². The van der Waals surface area contributed by atoms with Crippen LogP contribution in [-0.4, -0.2) is 64.1 Å². The quantitative estimate of drug-likeness (QED) is 0.792. The minimum atomic E-state index is -3.34. The molecule has 0 saturated carbocycles. The summed E-state index contributed by atoms with van der Waals surface area (Å²) in [7, 11) is -4.44. The van der Waals surface area contributed by atoms with Gasteiger partial charge in [0, 0.05) is 19.1 Å². The van der Waals surface area contributed by atoms with Crippen molar-refractivity contribution in [1.29, 1.82) is 0 Å². The lowest BCUT2D eigenvalue weighted by Crippen LogP contribution is -2.48. The van der Waals surface area contributed by atoms with E-state index in [1.54, 1.807) is 4.31 Å². The summed E-state index contributed by atoms with van der Waals surface area (Å²) in [4.78, 5) is 0. The van der Waals surface area contributed by atoms with Crippen LogP contribution in [0.2, 0.25) is 0 Å². The fourth-order valence-corrected chi connectivity index (χ4v) is 7.01. The zero-order valence-electron chi connectivity index (χ0n) is 12.8. The molecule has 2 heterocycles. The van der Waals surface area contributed by atoms with Gasteiger partial charge in [0.25, 0.3) is 0 Å². The molecule has 0 aromatic carbocycles. The molecule has 6 nitrogen and oxygen atoms in total. The molecule has 124 valence electrons. The Morgan fingerprint density at radius 2 is 1.62 bits per heavy atom. The van der Waals surface area contributed by atoms with Crippen molar-refractivity contribution in [3.63, 3.8) is 0 Å². The zero-order chi connectivity index (χ0) is 15.7. The summed E-state index contributed by atoms with van der Waals surface area (Å²) in [5, 5.41) is 2.71. The molecular formula is C13H26N2O4S2. The molecule has 2 aliphatic rings. The predicted octanol–water partition coefficient (Wildman–Crippen LogP) is 0.213. The topological polar surface area (TPSA) is 83.6 Å². The van der Waals surface area contributed by atoms with E-state index in [0.29, 0.717) is 25.0 Å². The van der Waals surface area contributed by atoms with Gasteiger partial charge < -0.3 is 5.32 Å². The van der Waals surface area contributed by atoms with E-state index in [-0.39, 0.29) is 24.3 Å². The van der Waals surface area contributed by atoms with Gasteiger partial charge in [0.2, 0.25) is 10.0 Å². The second kappa shape index (κ2) is 6.52. The Balaban J connectivity index is 1.96. The Hall–Kier alpha value is -0.180. The number of hydrogen-bond donors (Lipinski definition) is 1. The second-order valence-electron chi connectivity index (χ2n) is 6.21. The number of nitrogens with zero attached hydrogens (tertiary/aromatic N) is 1. The maximum absolute atomic E-state index is 12.6. The van der Waals surface area contributed by atoms with Gasteiger partial charge in [0.05, 0.1) is 16.8 Å². The van der Waals surface area contributed by atoms with Crippen LogP contribution in [0.25, 0.3) is 0 Å². The van der Waals surface area contributed by atoms with Gasteiger partial charge >= 0.3 is 0 Å². The van der Waals surface area contributed by atoms with Crippen molar-refractivity contribution in [2.75, 3.05) is 31.6 Å². The minimum Gasteiger partial charge on any atom is -0.317 e. The molecule has 1 atom stereocenters. The molecule has 21 heavy (non-hydrogen) atoms. The van der Waals surface area contributed by atoms with Gasteiger partial charge in [0.15, 0.2) is 0 Å². The smallest absolute Gasteiger partial charge is 0.217 e. The zero-order valence-corrected chi connectivity index (χ0v) is 14.4. The molecule has 0 amide bonds.